The minimum Gasteiger partial charge on any atom is -0.508 e. The summed E-state index contributed by atoms with van der Waals surface area (Å²) in [5.74, 6) is -2.09. The van der Waals surface area contributed by atoms with E-state index in [9.17, 15) is 44.1 Å². The minimum absolute atomic E-state index is 0.0171. The smallest absolute Gasteiger partial charge is 0.255 e. The summed E-state index contributed by atoms with van der Waals surface area (Å²) in [4.78, 5) is 93.5. The third-order valence-corrected chi connectivity index (χ3v) is 15.8. The van der Waals surface area contributed by atoms with Gasteiger partial charge in [-0.15, -0.1) is 22.7 Å². The summed E-state index contributed by atoms with van der Waals surface area (Å²) in [6.45, 7) is 12.4. The molecule has 6 heterocycles. The molecule has 9 rings (SSSR count). The van der Waals surface area contributed by atoms with Crippen molar-refractivity contribution in [2.45, 2.75) is 110 Å². The number of amides is 6. The van der Waals surface area contributed by atoms with Crippen molar-refractivity contribution in [3.05, 3.63) is 111 Å². The molecule has 3 saturated heterocycles. The Morgan fingerprint density at radius 3 is 1.88 bits per heavy atom. The number of aromatic nitrogens is 2. The predicted molar refractivity (Wildman–Crippen MR) is 274 cm³/mol. The highest BCUT2D eigenvalue weighted by Crippen LogP contribution is 2.34. The third-order valence-electron chi connectivity index (χ3n) is 13.9. The predicted octanol–water partition coefficient (Wildman–Crippen LogP) is 4.32. The van der Waals surface area contributed by atoms with Gasteiger partial charge in [-0.25, -0.2) is 9.97 Å². The molecule has 6 atom stereocenters. The Morgan fingerprint density at radius 2 is 1.34 bits per heavy atom. The van der Waals surface area contributed by atoms with Gasteiger partial charge in [-0.1, -0.05) is 68.4 Å². The number of carbonyl (C=O) groups excluding carboxylic acids is 6. The van der Waals surface area contributed by atoms with E-state index in [-0.39, 0.29) is 67.8 Å². The summed E-state index contributed by atoms with van der Waals surface area (Å²) in [5, 5.41) is 39.6. The van der Waals surface area contributed by atoms with E-state index in [1.165, 1.54) is 21.1 Å². The Balaban J connectivity index is 0.000000197. The van der Waals surface area contributed by atoms with Crippen LogP contribution in [0.2, 0.25) is 0 Å². The van der Waals surface area contributed by atoms with Crippen LogP contribution < -0.4 is 16.0 Å². The second kappa shape index (κ2) is 22.3. The molecule has 73 heavy (non-hydrogen) atoms. The molecule has 18 nitrogen and oxygen atoms in total. The lowest BCUT2D eigenvalue weighted by atomic mass is 9.87. The zero-order chi connectivity index (χ0) is 52.3. The maximum atomic E-state index is 13.8. The number of aliphatic hydroxyl groups is 2. The Bertz CT molecular complexity index is 2870. The van der Waals surface area contributed by atoms with E-state index in [1.807, 2.05) is 75.7 Å². The molecule has 5 aromatic rings. The summed E-state index contributed by atoms with van der Waals surface area (Å²) in [6, 6.07) is 17.2. The van der Waals surface area contributed by atoms with E-state index < -0.39 is 53.6 Å². The first kappa shape index (κ1) is 52.7. The first-order valence-electron chi connectivity index (χ1n) is 24.3. The number of aliphatic hydroxyl groups excluding tert-OH is 2. The average Bonchev–Trinajstić information content (AvgIpc) is 4.22. The average molecular weight is 1040 g/mol. The molecule has 20 heteroatoms. The van der Waals surface area contributed by atoms with Gasteiger partial charge >= 0.3 is 0 Å². The van der Waals surface area contributed by atoms with Crippen molar-refractivity contribution < 1.29 is 48.8 Å². The molecule has 0 bridgehead atoms. The van der Waals surface area contributed by atoms with E-state index in [2.05, 4.69) is 25.9 Å². The largest absolute Gasteiger partial charge is 0.508 e. The van der Waals surface area contributed by atoms with Crippen LogP contribution in [0.3, 0.4) is 0 Å². The van der Waals surface area contributed by atoms with Crippen LogP contribution in [0.25, 0.3) is 20.9 Å². The molecule has 386 valence electrons. The molecule has 0 saturated carbocycles. The van der Waals surface area contributed by atoms with Crippen LogP contribution in [0, 0.1) is 25.2 Å². The van der Waals surface area contributed by atoms with Crippen LogP contribution in [-0.2, 0) is 48.3 Å². The Kier molecular flexibility index (Phi) is 16.1. The molecule has 2 aromatic heterocycles. The van der Waals surface area contributed by atoms with Gasteiger partial charge in [0.1, 0.15) is 29.9 Å². The van der Waals surface area contributed by atoms with E-state index in [0.29, 0.717) is 37.4 Å². The van der Waals surface area contributed by atoms with Crippen LogP contribution in [0.15, 0.2) is 77.8 Å². The standard InChI is InChI=1S/C29H32N4O5S.C24H30N4O5S/c1-16(2)25(33-13-20-6-4-5-7-22(20)28(33)37)29(38)32-14-21(34)11-23(32)27(36)30-12-19-9-8-18(10-24(19)35)26-17(3)31-15-39-26;1-14-20(34-13-26-14)17-6-4-16(5-7-17)9-25-21(30)19-8-18(29)10-28(19)22(31)15(2)27-23(32)24(3)11-33-12-24/h4-10,15-16,21,23,25,34-35H,11-14H2,1-3H3,(H,30,36);4-7,13,15,18-19,29H,8-12H2,1-3H3,(H,25,30)(H,27,32)/t21-,23+,25+;15-,18+,19-/m10/s1. The topological polar surface area (TPSA) is 244 Å². The molecule has 0 unspecified atom stereocenters. The molecule has 6 N–H and O–H groups in total. The number of aromatic hydroxyl groups is 1. The zero-order valence-electron chi connectivity index (χ0n) is 41.7. The summed E-state index contributed by atoms with van der Waals surface area (Å²) in [6.07, 6.45) is -1.37. The molecule has 0 spiro atoms. The normalized spacial score (nSPS) is 20.7. The maximum absolute atomic E-state index is 13.8. The molecular formula is C53H62N8O10S2. The highest BCUT2D eigenvalue weighted by atomic mass is 32.1. The number of aryl methyl sites for hydroxylation is 2. The van der Waals surface area contributed by atoms with Crippen LogP contribution in [0.1, 0.15) is 79.0 Å². The van der Waals surface area contributed by atoms with Crippen molar-refractivity contribution in [1.82, 2.24) is 40.6 Å². The van der Waals surface area contributed by atoms with Crippen LogP contribution in [0.4, 0.5) is 0 Å². The van der Waals surface area contributed by atoms with Gasteiger partial charge in [-0.2, -0.15) is 0 Å². The Labute approximate surface area is 431 Å². The second-order valence-corrected chi connectivity index (χ2v) is 21.5. The van der Waals surface area contributed by atoms with Gasteiger partial charge in [0.05, 0.1) is 63.0 Å². The summed E-state index contributed by atoms with van der Waals surface area (Å²) in [7, 11) is 0. The number of rotatable bonds is 14. The quantitative estimate of drug-likeness (QED) is 0.0912. The lowest BCUT2D eigenvalue weighted by Gasteiger charge is -2.37. The number of likely N-dealkylation sites (tertiary alicyclic amines) is 2. The fourth-order valence-corrected chi connectivity index (χ4v) is 11.3. The van der Waals surface area contributed by atoms with Gasteiger partial charge in [0, 0.05) is 56.7 Å². The summed E-state index contributed by atoms with van der Waals surface area (Å²) >= 11 is 3.07. The van der Waals surface area contributed by atoms with Crippen molar-refractivity contribution in [3.8, 4) is 26.6 Å². The first-order chi connectivity index (χ1) is 34.8. The summed E-state index contributed by atoms with van der Waals surface area (Å²) < 4.78 is 5.11. The number of fused-ring (bicyclic) bond motifs is 1. The number of ether oxygens (including phenoxy) is 1. The number of nitrogens with zero attached hydrogens (tertiary/aromatic N) is 5. The number of carbonyl (C=O) groups is 6. The number of hydrogen-bond acceptors (Lipinski definition) is 14. The number of phenols is 1. The van der Waals surface area contributed by atoms with Crippen molar-refractivity contribution in [2.75, 3.05) is 26.3 Å². The molecular weight excluding hydrogens is 973 g/mol. The van der Waals surface area contributed by atoms with Crippen LogP contribution in [-0.4, -0.2) is 138 Å². The zero-order valence-corrected chi connectivity index (χ0v) is 43.3. The number of phenolic OH excluding ortho intramolecular Hbond substituents is 1. The fourth-order valence-electron chi connectivity index (χ4n) is 9.68. The maximum Gasteiger partial charge on any atom is 0.255 e. The molecule has 4 aliphatic rings. The first-order valence-corrected chi connectivity index (χ1v) is 26.1. The molecule has 6 amide bonds. The second-order valence-electron chi connectivity index (χ2n) is 19.8. The van der Waals surface area contributed by atoms with Crippen LogP contribution in [0.5, 0.6) is 5.75 Å². The van der Waals surface area contributed by atoms with Gasteiger partial charge in [0.15, 0.2) is 0 Å². The highest BCUT2D eigenvalue weighted by molar-refractivity contribution is 7.13. The highest BCUT2D eigenvalue weighted by Gasteiger charge is 2.47. The van der Waals surface area contributed by atoms with E-state index >= 15 is 0 Å². The molecule has 3 fully saturated rings. The third kappa shape index (κ3) is 11.5. The molecule has 3 aromatic carbocycles. The van der Waals surface area contributed by atoms with Crippen molar-refractivity contribution in [3.63, 3.8) is 0 Å². The van der Waals surface area contributed by atoms with E-state index in [1.54, 1.807) is 59.9 Å². The molecule has 0 radical (unpaired) electrons. The van der Waals surface area contributed by atoms with Gasteiger partial charge < -0.3 is 50.7 Å². The Hall–Kier alpha value is -6.58. The van der Waals surface area contributed by atoms with Gasteiger partial charge in [-0.05, 0) is 68.0 Å². The Morgan fingerprint density at radius 1 is 0.781 bits per heavy atom. The van der Waals surface area contributed by atoms with Gasteiger partial charge in [-0.3, -0.25) is 28.8 Å². The molecule has 4 aliphatic heterocycles. The number of hydrogen-bond donors (Lipinski definition) is 6. The fraction of sp³-hybridized carbons (Fsp3) is 0.434. The SMILES string of the molecule is Cc1ncsc1-c1ccc(CNC(=O)[C@@H]2C[C@@H](O)CN2C(=O)[C@H](C(C)C)N2Cc3ccccc3C2=O)c(O)c1.Cc1ncsc1-c1ccc(CNC(=O)[C@@H]2C[C@@H](O)CN2C(=O)[C@H](C)NC(=O)C2(C)COC2)cc1. The van der Waals surface area contributed by atoms with E-state index in [4.69, 9.17) is 4.74 Å². The van der Waals surface area contributed by atoms with Crippen molar-refractivity contribution >= 4 is 58.1 Å². The lowest BCUT2D eigenvalue weighted by molar-refractivity contribution is -0.160. The minimum atomic E-state index is -0.880. The van der Waals surface area contributed by atoms with Crippen LogP contribution >= 0.6 is 22.7 Å². The summed E-state index contributed by atoms with van der Waals surface area (Å²) in [5.41, 5.74) is 9.62. The van der Waals surface area contributed by atoms with Crippen molar-refractivity contribution in [2.24, 2.45) is 11.3 Å². The van der Waals surface area contributed by atoms with Crippen molar-refractivity contribution in [1.29, 1.82) is 0 Å². The van der Waals surface area contributed by atoms with Gasteiger partial charge in [0.25, 0.3) is 5.91 Å². The molecule has 0 aliphatic carbocycles. The number of β-amino-alcohol motifs (C(OH)–C–C–N with tert-alkyl or cyclic N) is 2. The number of thiazole rings is 2. The lowest BCUT2D eigenvalue weighted by Crippen LogP contribution is -2.58. The number of nitrogens with one attached hydrogen (secondary N) is 3. The van der Waals surface area contributed by atoms with E-state index in [0.717, 1.165) is 43.4 Å². The monoisotopic (exact) mass is 1030 g/mol. The van der Waals surface area contributed by atoms with Gasteiger partial charge in [0.2, 0.25) is 29.5 Å². The number of benzene rings is 3.